The highest BCUT2D eigenvalue weighted by molar-refractivity contribution is 7.18. The van der Waals surface area contributed by atoms with E-state index in [2.05, 4.69) is 11.0 Å². The Hall–Kier alpha value is -1.37. The van der Waals surface area contributed by atoms with E-state index < -0.39 is 6.10 Å². The second kappa shape index (κ2) is 8.33. The highest BCUT2D eigenvalue weighted by Crippen LogP contribution is 2.36. The summed E-state index contributed by atoms with van der Waals surface area (Å²) in [6.45, 7) is 1.69. The van der Waals surface area contributed by atoms with Crippen molar-refractivity contribution < 1.29 is 9.84 Å². The van der Waals surface area contributed by atoms with Crippen LogP contribution in [0.1, 0.15) is 23.9 Å². The van der Waals surface area contributed by atoms with Crippen LogP contribution in [0.4, 0.5) is 0 Å². The van der Waals surface area contributed by atoms with Crippen LogP contribution in [0.15, 0.2) is 42.5 Å². The summed E-state index contributed by atoms with van der Waals surface area (Å²) in [4.78, 5) is 7.10. The first-order valence-corrected chi connectivity index (χ1v) is 10.5. The van der Waals surface area contributed by atoms with Crippen molar-refractivity contribution in [1.82, 2.24) is 9.88 Å². The molecule has 0 bridgehead atoms. The smallest absolute Gasteiger partial charge is 0.138 e. The molecule has 1 saturated heterocycles. The van der Waals surface area contributed by atoms with E-state index in [-0.39, 0.29) is 12.6 Å². The third-order valence-electron chi connectivity index (χ3n) is 4.73. The minimum absolute atomic E-state index is 0.185. The van der Waals surface area contributed by atoms with Crippen molar-refractivity contribution in [1.29, 1.82) is 0 Å². The Bertz CT molecular complexity index is 900. The lowest BCUT2D eigenvalue weighted by molar-refractivity contribution is 0.0639. The summed E-state index contributed by atoms with van der Waals surface area (Å²) in [6, 6.07) is 13.5. The first-order chi connectivity index (χ1) is 13.1. The number of fused-ring (bicyclic) bond motifs is 1. The molecule has 2 unspecified atom stereocenters. The summed E-state index contributed by atoms with van der Waals surface area (Å²) in [5.74, 6) is 0.532. The van der Waals surface area contributed by atoms with Crippen LogP contribution in [-0.4, -0.2) is 40.8 Å². The number of β-amino-alcohol motifs (C(OH)–C–C–N with tert-alkyl or cyclic N) is 1. The van der Waals surface area contributed by atoms with E-state index in [1.165, 1.54) is 4.70 Å². The standard InChI is InChI=1S/C20H20Cl2N2O2S/c21-13-7-8-18(15(22)10-13)26-12-14(25)11-24-9-3-5-17(24)20-23-16-4-1-2-6-19(16)27-20/h1-2,4,6-8,10,14,17,25H,3,5,9,11-12H2. The maximum absolute atomic E-state index is 10.5. The van der Waals surface area contributed by atoms with E-state index in [1.807, 2.05) is 18.2 Å². The van der Waals surface area contributed by atoms with Gasteiger partial charge in [0.05, 0.1) is 21.3 Å². The predicted octanol–water partition coefficient (Wildman–Crippen LogP) is 5.18. The van der Waals surface area contributed by atoms with Crippen LogP contribution >= 0.6 is 34.5 Å². The van der Waals surface area contributed by atoms with E-state index in [9.17, 15) is 5.11 Å². The lowest BCUT2D eigenvalue weighted by atomic mass is 10.2. The minimum atomic E-state index is -0.605. The molecule has 0 amide bonds. The first-order valence-electron chi connectivity index (χ1n) is 8.95. The average Bonchev–Trinajstić information content (AvgIpc) is 3.27. The Balaban J connectivity index is 1.38. The van der Waals surface area contributed by atoms with Gasteiger partial charge < -0.3 is 9.84 Å². The fraction of sp³-hybridized carbons (Fsp3) is 0.350. The molecule has 0 saturated carbocycles. The molecule has 1 fully saturated rings. The number of para-hydroxylation sites is 1. The van der Waals surface area contributed by atoms with Gasteiger partial charge in [-0.05, 0) is 49.7 Å². The fourth-order valence-electron chi connectivity index (χ4n) is 3.46. The van der Waals surface area contributed by atoms with Gasteiger partial charge in [0.1, 0.15) is 23.5 Å². The van der Waals surface area contributed by atoms with Crippen molar-refractivity contribution in [2.24, 2.45) is 0 Å². The second-order valence-electron chi connectivity index (χ2n) is 6.71. The number of likely N-dealkylation sites (tertiary alicyclic amines) is 1. The van der Waals surface area contributed by atoms with Crippen LogP contribution in [0.5, 0.6) is 5.75 Å². The van der Waals surface area contributed by atoms with Crippen molar-refractivity contribution in [2.45, 2.75) is 25.0 Å². The molecule has 1 aliphatic rings. The summed E-state index contributed by atoms with van der Waals surface area (Å²) in [5.41, 5.74) is 1.05. The molecule has 0 aliphatic carbocycles. The van der Waals surface area contributed by atoms with Gasteiger partial charge in [-0.3, -0.25) is 4.90 Å². The largest absolute Gasteiger partial charge is 0.489 e. The molecule has 3 aromatic rings. The molecule has 142 valence electrons. The number of aromatic nitrogens is 1. The van der Waals surface area contributed by atoms with Gasteiger partial charge in [-0.2, -0.15) is 0 Å². The van der Waals surface area contributed by atoms with Crippen LogP contribution in [0.25, 0.3) is 10.2 Å². The molecular formula is C20H20Cl2N2O2S. The third kappa shape index (κ3) is 4.39. The Morgan fingerprint density at radius 3 is 2.93 bits per heavy atom. The monoisotopic (exact) mass is 422 g/mol. The zero-order valence-electron chi connectivity index (χ0n) is 14.6. The molecule has 0 radical (unpaired) electrons. The van der Waals surface area contributed by atoms with Crippen molar-refractivity contribution in [3.8, 4) is 5.75 Å². The molecule has 2 atom stereocenters. The van der Waals surface area contributed by atoms with Crippen LogP contribution in [-0.2, 0) is 0 Å². The van der Waals surface area contributed by atoms with Crippen LogP contribution < -0.4 is 4.74 Å². The Morgan fingerprint density at radius 2 is 2.11 bits per heavy atom. The summed E-state index contributed by atoms with van der Waals surface area (Å²) in [7, 11) is 0. The van der Waals surface area contributed by atoms with E-state index in [0.29, 0.717) is 22.3 Å². The topological polar surface area (TPSA) is 45.6 Å². The van der Waals surface area contributed by atoms with Gasteiger partial charge in [-0.15, -0.1) is 11.3 Å². The molecule has 2 heterocycles. The molecule has 2 aromatic carbocycles. The highest BCUT2D eigenvalue weighted by Gasteiger charge is 2.30. The van der Waals surface area contributed by atoms with Crippen LogP contribution in [0, 0.1) is 0 Å². The van der Waals surface area contributed by atoms with Gasteiger partial charge in [0.2, 0.25) is 0 Å². The highest BCUT2D eigenvalue weighted by atomic mass is 35.5. The molecule has 1 aliphatic heterocycles. The number of ether oxygens (including phenoxy) is 1. The molecular weight excluding hydrogens is 403 g/mol. The molecule has 0 spiro atoms. The van der Waals surface area contributed by atoms with E-state index >= 15 is 0 Å². The molecule has 4 rings (SSSR count). The quantitative estimate of drug-likeness (QED) is 0.594. The number of rotatable bonds is 6. The number of aliphatic hydroxyl groups is 1. The zero-order chi connectivity index (χ0) is 18.8. The summed E-state index contributed by atoms with van der Waals surface area (Å²) in [5, 5.41) is 12.6. The Morgan fingerprint density at radius 1 is 1.26 bits per heavy atom. The lowest BCUT2D eigenvalue weighted by Gasteiger charge is -2.25. The first kappa shape index (κ1) is 19.0. The number of aliphatic hydroxyl groups excluding tert-OH is 1. The maximum atomic E-state index is 10.5. The second-order valence-corrected chi connectivity index (χ2v) is 8.62. The normalized spacial score (nSPS) is 18.9. The van der Waals surface area contributed by atoms with Crippen molar-refractivity contribution in [3.63, 3.8) is 0 Å². The van der Waals surface area contributed by atoms with Gasteiger partial charge in [0.15, 0.2) is 0 Å². The molecule has 1 aromatic heterocycles. The number of halogens is 2. The van der Waals surface area contributed by atoms with Gasteiger partial charge in [0.25, 0.3) is 0 Å². The number of nitrogens with zero attached hydrogens (tertiary/aromatic N) is 2. The Kier molecular flexibility index (Phi) is 5.85. The number of hydrogen-bond acceptors (Lipinski definition) is 5. The van der Waals surface area contributed by atoms with Gasteiger partial charge in [-0.1, -0.05) is 35.3 Å². The Labute approximate surface area is 172 Å². The van der Waals surface area contributed by atoms with E-state index in [4.69, 9.17) is 32.9 Å². The SMILES string of the molecule is OC(COc1ccc(Cl)cc1Cl)CN1CCCC1c1nc2ccccc2s1. The summed E-state index contributed by atoms with van der Waals surface area (Å²) >= 11 is 13.8. The molecule has 27 heavy (non-hydrogen) atoms. The van der Waals surface area contributed by atoms with Gasteiger partial charge in [-0.25, -0.2) is 4.98 Å². The fourth-order valence-corrected chi connectivity index (χ4v) is 5.06. The number of thiazole rings is 1. The van der Waals surface area contributed by atoms with Crippen molar-refractivity contribution in [3.05, 3.63) is 57.5 Å². The summed E-state index contributed by atoms with van der Waals surface area (Å²) < 4.78 is 6.88. The maximum Gasteiger partial charge on any atom is 0.138 e. The van der Waals surface area contributed by atoms with Gasteiger partial charge in [0, 0.05) is 11.6 Å². The van der Waals surface area contributed by atoms with E-state index in [0.717, 1.165) is 29.9 Å². The molecule has 4 nitrogen and oxygen atoms in total. The predicted molar refractivity (Wildman–Crippen MR) is 111 cm³/mol. The molecule has 1 N–H and O–H groups in total. The zero-order valence-corrected chi connectivity index (χ0v) is 17.0. The minimum Gasteiger partial charge on any atom is -0.489 e. The number of benzene rings is 2. The third-order valence-corrected chi connectivity index (χ3v) is 6.40. The lowest BCUT2D eigenvalue weighted by Crippen LogP contribution is -2.35. The van der Waals surface area contributed by atoms with Crippen LogP contribution in [0.2, 0.25) is 10.0 Å². The van der Waals surface area contributed by atoms with Crippen LogP contribution in [0.3, 0.4) is 0 Å². The van der Waals surface area contributed by atoms with Crippen molar-refractivity contribution in [2.75, 3.05) is 19.7 Å². The molecule has 7 heteroatoms. The number of hydrogen-bond donors (Lipinski definition) is 1. The van der Waals surface area contributed by atoms with Gasteiger partial charge >= 0.3 is 0 Å². The summed E-state index contributed by atoms with van der Waals surface area (Å²) in [6.07, 6.45) is 1.57. The van der Waals surface area contributed by atoms with Crippen molar-refractivity contribution >= 4 is 44.8 Å². The van der Waals surface area contributed by atoms with E-state index in [1.54, 1.807) is 29.5 Å². The average molecular weight is 423 g/mol.